The van der Waals surface area contributed by atoms with Crippen molar-refractivity contribution in [3.8, 4) is 0 Å². The molecule has 1 N–H and O–H groups in total. The number of hydrogen-bond acceptors (Lipinski definition) is 4. The van der Waals surface area contributed by atoms with E-state index in [2.05, 4.69) is 22.2 Å². The molecule has 1 aliphatic rings. The molecule has 24 heavy (non-hydrogen) atoms. The SMILES string of the molecule is CC1CCCN(C(=O)c2cnc(Nc3c(Cl)cccc3Cl)nc2)C1. The predicted octanol–water partition coefficient (Wildman–Crippen LogP) is 4.40. The molecule has 1 amide bonds. The van der Waals surface area contributed by atoms with Gasteiger partial charge in [-0.1, -0.05) is 36.2 Å². The van der Waals surface area contributed by atoms with Crippen LogP contribution in [0.1, 0.15) is 30.1 Å². The fourth-order valence-corrected chi connectivity index (χ4v) is 3.28. The molecule has 0 saturated carbocycles. The second kappa shape index (κ2) is 7.36. The standard InChI is InChI=1S/C17H18Cl2N4O/c1-11-4-3-7-23(10-11)16(24)12-8-20-17(21-9-12)22-15-13(18)5-2-6-14(15)19/h2,5-6,8-9,11H,3-4,7,10H2,1H3,(H,20,21,22). The highest BCUT2D eigenvalue weighted by Crippen LogP contribution is 2.31. The maximum Gasteiger partial charge on any atom is 0.257 e. The zero-order valence-corrected chi connectivity index (χ0v) is 14.8. The van der Waals surface area contributed by atoms with Gasteiger partial charge in [-0.2, -0.15) is 0 Å². The third-order valence-corrected chi connectivity index (χ3v) is 4.67. The van der Waals surface area contributed by atoms with Crippen LogP contribution in [0.5, 0.6) is 0 Å². The summed E-state index contributed by atoms with van der Waals surface area (Å²) >= 11 is 12.2. The highest BCUT2D eigenvalue weighted by atomic mass is 35.5. The molecule has 3 rings (SSSR count). The first kappa shape index (κ1) is 17.0. The molecular formula is C17H18Cl2N4O. The van der Waals surface area contributed by atoms with Gasteiger partial charge in [-0.15, -0.1) is 0 Å². The topological polar surface area (TPSA) is 58.1 Å². The van der Waals surface area contributed by atoms with E-state index >= 15 is 0 Å². The maximum absolute atomic E-state index is 12.5. The molecule has 0 aliphatic carbocycles. The number of hydrogen-bond donors (Lipinski definition) is 1. The summed E-state index contributed by atoms with van der Waals surface area (Å²) in [7, 11) is 0. The number of rotatable bonds is 3. The molecule has 0 bridgehead atoms. The molecule has 0 radical (unpaired) electrons. The zero-order valence-electron chi connectivity index (χ0n) is 13.3. The molecule has 1 saturated heterocycles. The number of amides is 1. The number of aromatic nitrogens is 2. The van der Waals surface area contributed by atoms with Crippen LogP contribution in [0.15, 0.2) is 30.6 Å². The summed E-state index contributed by atoms with van der Waals surface area (Å²) in [4.78, 5) is 22.8. The number of piperidine rings is 1. The number of para-hydroxylation sites is 1. The monoisotopic (exact) mass is 364 g/mol. The lowest BCUT2D eigenvalue weighted by molar-refractivity contribution is 0.0682. The van der Waals surface area contributed by atoms with Gasteiger partial charge >= 0.3 is 0 Å². The number of benzene rings is 1. The summed E-state index contributed by atoms with van der Waals surface area (Å²) in [5.41, 5.74) is 1.03. The van der Waals surface area contributed by atoms with Gasteiger partial charge in [-0.3, -0.25) is 4.79 Å². The van der Waals surface area contributed by atoms with Crippen LogP contribution >= 0.6 is 23.2 Å². The van der Waals surface area contributed by atoms with Crippen molar-refractivity contribution in [3.05, 3.63) is 46.2 Å². The van der Waals surface area contributed by atoms with Crippen molar-refractivity contribution in [2.24, 2.45) is 5.92 Å². The Morgan fingerprint density at radius 1 is 1.25 bits per heavy atom. The van der Waals surface area contributed by atoms with Gasteiger partial charge < -0.3 is 10.2 Å². The van der Waals surface area contributed by atoms with Crippen molar-refractivity contribution in [2.45, 2.75) is 19.8 Å². The zero-order chi connectivity index (χ0) is 17.1. The third-order valence-electron chi connectivity index (χ3n) is 4.04. The van der Waals surface area contributed by atoms with Crippen LogP contribution in [0.3, 0.4) is 0 Å². The minimum atomic E-state index is -0.0242. The van der Waals surface area contributed by atoms with Gasteiger partial charge in [0.2, 0.25) is 5.95 Å². The number of nitrogens with one attached hydrogen (secondary N) is 1. The molecule has 2 aromatic rings. The van der Waals surface area contributed by atoms with Crippen molar-refractivity contribution in [3.63, 3.8) is 0 Å². The Bertz CT molecular complexity index is 716. The summed E-state index contributed by atoms with van der Waals surface area (Å²) in [6.07, 6.45) is 5.27. The van der Waals surface area contributed by atoms with Crippen LogP contribution in [0.4, 0.5) is 11.6 Å². The van der Waals surface area contributed by atoms with Gasteiger partial charge in [0.15, 0.2) is 0 Å². The predicted molar refractivity (Wildman–Crippen MR) is 96.1 cm³/mol. The second-order valence-corrected chi connectivity index (χ2v) is 6.83. The van der Waals surface area contributed by atoms with E-state index in [-0.39, 0.29) is 5.91 Å². The number of anilines is 2. The first-order valence-electron chi connectivity index (χ1n) is 7.87. The number of carbonyl (C=O) groups is 1. The van der Waals surface area contributed by atoms with Gasteiger partial charge in [-0.25, -0.2) is 9.97 Å². The minimum Gasteiger partial charge on any atom is -0.338 e. The van der Waals surface area contributed by atoms with Crippen LogP contribution in [0.25, 0.3) is 0 Å². The molecule has 7 heteroatoms. The highest BCUT2D eigenvalue weighted by Gasteiger charge is 2.22. The largest absolute Gasteiger partial charge is 0.338 e. The van der Waals surface area contributed by atoms with E-state index < -0.39 is 0 Å². The first-order chi connectivity index (χ1) is 11.5. The van der Waals surface area contributed by atoms with E-state index in [9.17, 15) is 4.79 Å². The Hall–Kier alpha value is -1.85. The minimum absolute atomic E-state index is 0.0242. The fourth-order valence-electron chi connectivity index (χ4n) is 2.79. The van der Waals surface area contributed by atoms with E-state index in [1.807, 2.05) is 4.90 Å². The average Bonchev–Trinajstić information content (AvgIpc) is 2.58. The molecule has 1 fully saturated rings. The normalized spacial score (nSPS) is 17.6. The van der Waals surface area contributed by atoms with Crippen molar-refractivity contribution in [1.82, 2.24) is 14.9 Å². The first-order valence-corrected chi connectivity index (χ1v) is 8.62. The molecule has 5 nitrogen and oxygen atoms in total. The van der Waals surface area contributed by atoms with E-state index in [4.69, 9.17) is 23.2 Å². The van der Waals surface area contributed by atoms with Gasteiger partial charge in [0.1, 0.15) is 0 Å². The summed E-state index contributed by atoms with van der Waals surface area (Å²) in [6.45, 7) is 3.74. The number of nitrogens with zero attached hydrogens (tertiary/aromatic N) is 3. The van der Waals surface area contributed by atoms with E-state index in [1.165, 1.54) is 18.8 Å². The summed E-state index contributed by atoms with van der Waals surface area (Å²) < 4.78 is 0. The molecule has 126 valence electrons. The molecule has 1 aromatic carbocycles. The Labute approximate surface area is 151 Å². The second-order valence-electron chi connectivity index (χ2n) is 6.02. The van der Waals surface area contributed by atoms with Crippen LogP contribution in [0, 0.1) is 5.92 Å². The molecule has 1 atom stereocenters. The van der Waals surface area contributed by atoms with E-state index in [0.29, 0.717) is 33.2 Å². The van der Waals surface area contributed by atoms with Crippen molar-refractivity contribution >= 4 is 40.7 Å². The summed E-state index contributed by atoms with van der Waals surface area (Å²) in [6, 6.07) is 5.22. The Balaban J connectivity index is 1.72. The number of halogens is 2. The lowest BCUT2D eigenvalue weighted by atomic mass is 10.00. The van der Waals surface area contributed by atoms with Crippen LogP contribution in [-0.2, 0) is 0 Å². The van der Waals surface area contributed by atoms with E-state index in [0.717, 1.165) is 19.5 Å². The molecular weight excluding hydrogens is 347 g/mol. The smallest absolute Gasteiger partial charge is 0.257 e. The van der Waals surface area contributed by atoms with Crippen molar-refractivity contribution in [2.75, 3.05) is 18.4 Å². The Kier molecular flexibility index (Phi) is 5.21. The number of carbonyl (C=O) groups excluding carboxylic acids is 1. The fraction of sp³-hybridized carbons (Fsp3) is 0.353. The molecule has 1 aliphatic heterocycles. The molecule has 1 aromatic heterocycles. The van der Waals surface area contributed by atoms with Crippen LogP contribution in [0.2, 0.25) is 10.0 Å². The Morgan fingerprint density at radius 3 is 2.54 bits per heavy atom. The van der Waals surface area contributed by atoms with Crippen molar-refractivity contribution in [1.29, 1.82) is 0 Å². The van der Waals surface area contributed by atoms with Crippen molar-refractivity contribution < 1.29 is 4.79 Å². The van der Waals surface area contributed by atoms with Crippen LogP contribution in [-0.4, -0.2) is 33.9 Å². The van der Waals surface area contributed by atoms with Gasteiger partial charge in [0, 0.05) is 25.5 Å². The van der Waals surface area contributed by atoms with Crippen LogP contribution < -0.4 is 5.32 Å². The number of likely N-dealkylation sites (tertiary alicyclic amines) is 1. The van der Waals surface area contributed by atoms with E-state index in [1.54, 1.807) is 18.2 Å². The molecule has 2 heterocycles. The Morgan fingerprint density at radius 2 is 1.92 bits per heavy atom. The lowest BCUT2D eigenvalue weighted by Gasteiger charge is -2.30. The summed E-state index contributed by atoms with van der Waals surface area (Å²) in [5, 5.41) is 3.94. The average molecular weight is 365 g/mol. The lowest BCUT2D eigenvalue weighted by Crippen LogP contribution is -2.39. The third kappa shape index (κ3) is 3.79. The van der Waals surface area contributed by atoms with Gasteiger partial charge in [0.25, 0.3) is 5.91 Å². The molecule has 0 spiro atoms. The highest BCUT2D eigenvalue weighted by molar-refractivity contribution is 6.39. The quantitative estimate of drug-likeness (QED) is 0.876. The van der Waals surface area contributed by atoms with Gasteiger partial charge in [0.05, 0.1) is 21.3 Å². The molecule has 1 unspecified atom stereocenters. The van der Waals surface area contributed by atoms with Gasteiger partial charge in [-0.05, 0) is 30.9 Å². The summed E-state index contributed by atoms with van der Waals surface area (Å²) in [5.74, 6) is 0.851. The maximum atomic E-state index is 12.5.